The smallest absolute Gasteiger partial charge is 0.330 e. The van der Waals surface area contributed by atoms with Crippen molar-refractivity contribution in [3.05, 3.63) is 34.9 Å². The second kappa shape index (κ2) is 9.39. The lowest BCUT2D eigenvalue weighted by Crippen LogP contribution is -2.56. The molecule has 37 heavy (non-hydrogen) atoms. The predicted octanol–water partition coefficient (Wildman–Crippen LogP) is 6.86. The lowest BCUT2D eigenvalue weighted by atomic mass is 9.44. The molecule has 206 valence electrons. The van der Waals surface area contributed by atoms with Gasteiger partial charge in [-0.15, -0.1) is 0 Å². The maximum absolute atomic E-state index is 11.8. The highest BCUT2D eigenvalue weighted by molar-refractivity contribution is 5.85. The Morgan fingerprint density at radius 1 is 1.14 bits per heavy atom. The molecule has 0 saturated heterocycles. The Morgan fingerprint density at radius 3 is 2.43 bits per heavy atom. The van der Waals surface area contributed by atoms with Crippen LogP contribution in [0.25, 0.3) is 0 Å². The monoisotopic (exact) mass is 512 g/mol. The topological polar surface area (TPSA) is 83.8 Å². The summed E-state index contributed by atoms with van der Waals surface area (Å²) in [6.07, 6.45) is 12.5. The number of rotatable bonds is 6. The zero-order valence-electron chi connectivity index (χ0n) is 24.2. The highest BCUT2D eigenvalue weighted by Crippen LogP contribution is 2.71. The molecule has 4 rings (SSSR count). The minimum absolute atomic E-state index is 0.00283. The van der Waals surface area contributed by atoms with Gasteiger partial charge >= 0.3 is 11.9 Å². The number of hydrogen-bond acceptors (Lipinski definition) is 4. The number of esters is 1. The normalized spacial score (nSPS) is 41.5. The fourth-order valence-electron chi connectivity index (χ4n) is 9.19. The molecule has 5 nitrogen and oxygen atoms in total. The first-order valence-electron chi connectivity index (χ1n) is 14.3. The SMILES string of the molecule is CC(=O)O[C@H]1CC[C@]2(C)C3=CC[C@]4(C)[C@@H]([C@H](C)CC/C=C(\C)C(=O)O)C[C@H](O)[C@@]4(C)C3=CCC2C1(C)C. The molecule has 0 aromatic heterocycles. The maximum Gasteiger partial charge on any atom is 0.330 e. The minimum Gasteiger partial charge on any atom is -0.478 e. The average Bonchev–Trinajstić information content (AvgIpc) is 3.02. The van der Waals surface area contributed by atoms with Gasteiger partial charge in [-0.3, -0.25) is 4.79 Å². The molecule has 2 saturated carbocycles. The van der Waals surface area contributed by atoms with Crippen molar-refractivity contribution in [1.82, 2.24) is 0 Å². The molecule has 0 aliphatic heterocycles. The Balaban J connectivity index is 1.64. The second-order valence-corrected chi connectivity index (χ2v) is 13.8. The van der Waals surface area contributed by atoms with Crippen LogP contribution in [-0.2, 0) is 14.3 Å². The van der Waals surface area contributed by atoms with E-state index in [0.29, 0.717) is 23.3 Å². The van der Waals surface area contributed by atoms with Gasteiger partial charge in [0, 0.05) is 23.3 Å². The van der Waals surface area contributed by atoms with Gasteiger partial charge in [0.25, 0.3) is 0 Å². The highest BCUT2D eigenvalue weighted by Gasteiger charge is 2.66. The van der Waals surface area contributed by atoms with Crippen molar-refractivity contribution in [2.45, 2.75) is 113 Å². The fourth-order valence-corrected chi connectivity index (χ4v) is 9.19. The van der Waals surface area contributed by atoms with E-state index < -0.39 is 12.1 Å². The summed E-state index contributed by atoms with van der Waals surface area (Å²) < 4.78 is 5.80. The van der Waals surface area contributed by atoms with E-state index in [-0.39, 0.29) is 33.7 Å². The third-order valence-corrected chi connectivity index (χ3v) is 11.7. The molecule has 0 bridgehead atoms. The average molecular weight is 513 g/mol. The number of ether oxygens (including phenoxy) is 1. The summed E-state index contributed by atoms with van der Waals surface area (Å²) in [5.74, 6) is 0.0798. The Hall–Kier alpha value is -1.88. The first-order chi connectivity index (χ1) is 17.1. The van der Waals surface area contributed by atoms with Crippen molar-refractivity contribution >= 4 is 11.9 Å². The number of allylic oxidation sites excluding steroid dienone is 4. The highest BCUT2D eigenvalue weighted by atomic mass is 16.5. The standard InChI is InChI=1S/C32H48O5/c1-19(10-9-11-20(2)28(35)36)24-18-26(34)32(8)23-12-13-25-29(4,5)27(37-21(3)33)15-16-30(25,6)22(23)14-17-31(24,32)7/h11-12,14,19,24-27,34H,9-10,13,15-18H2,1-8H3,(H,35,36)/b20-11+/t19-,24-,25?,26+,27+,30-,31-,32-/m1/s1. The van der Waals surface area contributed by atoms with Crippen LogP contribution in [0.5, 0.6) is 0 Å². The molecular weight excluding hydrogens is 464 g/mol. The van der Waals surface area contributed by atoms with E-state index in [1.54, 1.807) is 6.92 Å². The van der Waals surface area contributed by atoms with E-state index >= 15 is 0 Å². The quantitative estimate of drug-likeness (QED) is 0.300. The van der Waals surface area contributed by atoms with Gasteiger partial charge in [0.1, 0.15) is 6.10 Å². The Bertz CT molecular complexity index is 1050. The minimum atomic E-state index is -0.852. The van der Waals surface area contributed by atoms with E-state index in [0.717, 1.165) is 44.9 Å². The zero-order valence-corrected chi connectivity index (χ0v) is 24.2. The Kier molecular flexibility index (Phi) is 7.14. The number of carbonyl (C=O) groups excluding carboxylic acids is 1. The molecule has 0 heterocycles. The molecule has 0 radical (unpaired) electrons. The molecule has 5 heteroatoms. The molecule has 4 aliphatic carbocycles. The molecule has 1 unspecified atom stereocenters. The van der Waals surface area contributed by atoms with Crippen LogP contribution >= 0.6 is 0 Å². The molecule has 4 aliphatic rings. The molecule has 2 fully saturated rings. The van der Waals surface area contributed by atoms with Crippen molar-refractivity contribution in [3.8, 4) is 0 Å². The summed E-state index contributed by atoms with van der Waals surface area (Å²) in [6.45, 7) is 17.1. The molecule has 0 amide bonds. The molecule has 8 atom stereocenters. The van der Waals surface area contributed by atoms with E-state index in [1.807, 2.05) is 6.08 Å². The van der Waals surface area contributed by atoms with Gasteiger partial charge < -0.3 is 14.9 Å². The van der Waals surface area contributed by atoms with Crippen LogP contribution in [0.15, 0.2) is 34.9 Å². The maximum atomic E-state index is 11.8. The summed E-state index contributed by atoms with van der Waals surface area (Å²) >= 11 is 0. The predicted molar refractivity (Wildman–Crippen MR) is 146 cm³/mol. The van der Waals surface area contributed by atoms with Crippen molar-refractivity contribution in [2.75, 3.05) is 0 Å². The Morgan fingerprint density at radius 2 is 1.81 bits per heavy atom. The summed E-state index contributed by atoms with van der Waals surface area (Å²) in [6, 6.07) is 0. The van der Waals surface area contributed by atoms with Crippen LogP contribution in [0, 0.1) is 39.4 Å². The lowest BCUT2D eigenvalue weighted by Gasteiger charge is -2.61. The Labute approximate surface area is 223 Å². The zero-order chi connectivity index (χ0) is 27.6. The van der Waals surface area contributed by atoms with Crippen LogP contribution < -0.4 is 0 Å². The number of aliphatic hydroxyl groups is 1. The summed E-state index contributed by atoms with van der Waals surface area (Å²) in [7, 11) is 0. The van der Waals surface area contributed by atoms with Gasteiger partial charge in [-0.25, -0.2) is 4.79 Å². The van der Waals surface area contributed by atoms with E-state index in [1.165, 1.54) is 18.1 Å². The number of hydrogen-bond donors (Lipinski definition) is 2. The fraction of sp³-hybridized carbons (Fsp3) is 0.750. The summed E-state index contributed by atoms with van der Waals surface area (Å²) in [5.41, 5.74) is 2.68. The third-order valence-electron chi connectivity index (χ3n) is 11.7. The number of aliphatic carboxylic acids is 1. The van der Waals surface area contributed by atoms with E-state index in [9.17, 15) is 19.8 Å². The van der Waals surface area contributed by atoms with Crippen LogP contribution in [0.1, 0.15) is 100 Å². The molecule has 0 spiro atoms. The van der Waals surface area contributed by atoms with Gasteiger partial charge in [-0.1, -0.05) is 59.8 Å². The molecule has 2 N–H and O–H groups in total. The first kappa shape index (κ1) is 28.1. The second-order valence-electron chi connectivity index (χ2n) is 13.8. The van der Waals surface area contributed by atoms with Crippen LogP contribution in [0.2, 0.25) is 0 Å². The summed E-state index contributed by atoms with van der Waals surface area (Å²) in [5, 5.41) is 20.9. The van der Waals surface area contributed by atoms with Crippen molar-refractivity contribution in [3.63, 3.8) is 0 Å². The number of carboxylic acid groups (broad SMARTS) is 1. The number of carboxylic acids is 1. The van der Waals surface area contributed by atoms with E-state index in [2.05, 4.69) is 53.7 Å². The van der Waals surface area contributed by atoms with Crippen LogP contribution in [0.3, 0.4) is 0 Å². The van der Waals surface area contributed by atoms with Crippen molar-refractivity contribution < 1.29 is 24.5 Å². The van der Waals surface area contributed by atoms with Gasteiger partial charge in [0.05, 0.1) is 6.10 Å². The van der Waals surface area contributed by atoms with Gasteiger partial charge in [0.2, 0.25) is 0 Å². The van der Waals surface area contributed by atoms with Crippen LogP contribution in [-0.4, -0.2) is 34.4 Å². The van der Waals surface area contributed by atoms with Gasteiger partial charge in [-0.05, 0) is 91.6 Å². The third kappa shape index (κ3) is 4.15. The van der Waals surface area contributed by atoms with E-state index in [4.69, 9.17) is 4.74 Å². The van der Waals surface area contributed by atoms with Crippen LogP contribution in [0.4, 0.5) is 0 Å². The first-order valence-corrected chi connectivity index (χ1v) is 14.3. The number of carbonyl (C=O) groups is 2. The van der Waals surface area contributed by atoms with Crippen molar-refractivity contribution in [1.29, 1.82) is 0 Å². The summed E-state index contributed by atoms with van der Waals surface area (Å²) in [4.78, 5) is 23.0. The number of aliphatic hydroxyl groups excluding tert-OH is 1. The lowest BCUT2D eigenvalue weighted by molar-refractivity contribution is -0.165. The van der Waals surface area contributed by atoms with Crippen molar-refractivity contribution in [2.24, 2.45) is 39.4 Å². The number of fused-ring (bicyclic) bond motifs is 5. The molecule has 0 aromatic carbocycles. The van der Waals surface area contributed by atoms with Gasteiger partial charge in [-0.2, -0.15) is 0 Å². The van der Waals surface area contributed by atoms with Gasteiger partial charge in [0.15, 0.2) is 0 Å². The molecular formula is C32H48O5. The molecule has 0 aromatic rings. The largest absolute Gasteiger partial charge is 0.478 e.